The van der Waals surface area contributed by atoms with Crippen molar-refractivity contribution in [1.29, 1.82) is 0 Å². The van der Waals surface area contributed by atoms with Crippen molar-refractivity contribution in [3.8, 4) is 0 Å². The third kappa shape index (κ3) is 14.0. The first-order valence-electron chi connectivity index (χ1n) is 3.02. The number of rotatable bonds is 5. The van der Waals surface area contributed by atoms with E-state index in [-0.39, 0.29) is 24.0 Å². The molecule has 0 N–H and O–H groups in total. The topological polar surface area (TPSA) is 26.3 Å². The fourth-order valence-electron chi connectivity index (χ4n) is 0.377. The van der Waals surface area contributed by atoms with Gasteiger partial charge in [-0.3, -0.25) is 4.18 Å². The molecule has 0 amide bonds. The first-order chi connectivity index (χ1) is 4.56. The van der Waals surface area contributed by atoms with Gasteiger partial charge in [-0.1, -0.05) is 4.57 Å². The maximum absolute atomic E-state index is 9.91. The third-order valence-corrected chi connectivity index (χ3v) is 1.85. The lowest BCUT2D eigenvalue weighted by Crippen LogP contribution is -3.00. The third-order valence-electron chi connectivity index (χ3n) is 0.938. The van der Waals surface area contributed by atoms with Crippen molar-refractivity contribution in [2.24, 2.45) is 0 Å². The zero-order chi connectivity index (χ0) is 8.04. The monoisotopic (exact) mass is 310 g/mol. The molecule has 0 radical (unpaired) electrons. The summed E-state index contributed by atoms with van der Waals surface area (Å²) >= 11 is 1.01. The number of nitrogens with zero attached hydrogens (tertiary/aromatic N) is 1. The summed E-state index contributed by atoms with van der Waals surface area (Å²) in [6.07, 6.45) is 0. The molecule has 0 aliphatic carbocycles. The Bertz CT molecular complexity index is 109. The van der Waals surface area contributed by atoms with E-state index in [0.717, 1.165) is 22.7 Å². The Morgan fingerprint density at radius 2 is 2.00 bits per heavy atom. The van der Waals surface area contributed by atoms with Gasteiger partial charge in [0.25, 0.3) is 11.7 Å². The van der Waals surface area contributed by atoms with E-state index in [0.29, 0.717) is 6.61 Å². The van der Waals surface area contributed by atoms with Gasteiger partial charge in [0.05, 0.1) is 21.1 Å². The highest BCUT2D eigenvalue weighted by Crippen LogP contribution is 2.17. The van der Waals surface area contributed by atoms with Gasteiger partial charge in [0.15, 0.2) is 0 Å². The minimum atomic E-state index is -0.411. The minimum absolute atomic E-state index is 0. The van der Waals surface area contributed by atoms with Gasteiger partial charge in [0, 0.05) is 0 Å². The Balaban J connectivity index is 0. The van der Waals surface area contributed by atoms with E-state index in [1.54, 1.807) is 0 Å². The van der Waals surface area contributed by atoms with Gasteiger partial charge in [-0.2, -0.15) is 0 Å². The standard InChI is InChI=1S/C5H13NO2PS.HI/c1-6(2,3)4-5-8-10-9-7;/h4-5H2,1-3H3;1H/q+1;. The Morgan fingerprint density at radius 3 is 2.36 bits per heavy atom. The molecule has 0 aromatic carbocycles. The molecule has 11 heavy (non-hydrogen) atoms. The van der Waals surface area contributed by atoms with Crippen LogP contribution in [0.25, 0.3) is 0 Å². The van der Waals surface area contributed by atoms with Crippen LogP contribution in [0, 0.1) is 0 Å². The zero-order valence-corrected chi connectivity index (χ0v) is 10.9. The van der Waals surface area contributed by atoms with Crippen molar-refractivity contribution >= 4 is 19.3 Å². The summed E-state index contributed by atoms with van der Waals surface area (Å²) in [5.74, 6) is 0. The number of hydrogen-bond acceptors (Lipinski definition) is 3. The molecule has 1 atom stereocenters. The van der Waals surface area contributed by atoms with Crippen molar-refractivity contribution < 1.29 is 37.2 Å². The van der Waals surface area contributed by atoms with E-state index < -0.39 is 7.66 Å². The van der Waals surface area contributed by atoms with Crippen molar-refractivity contribution in [3.63, 3.8) is 0 Å². The molecule has 0 heterocycles. The van der Waals surface area contributed by atoms with E-state index in [9.17, 15) is 4.57 Å². The summed E-state index contributed by atoms with van der Waals surface area (Å²) in [4.78, 5) is 0. The highest BCUT2D eigenvalue weighted by Gasteiger charge is 2.06. The molecule has 0 aliphatic rings. The fourth-order valence-corrected chi connectivity index (χ4v) is 0.977. The van der Waals surface area contributed by atoms with Crippen LogP contribution in [0.1, 0.15) is 0 Å². The van der Waals surface area contributed by atoms with Gasteiger partial charge in [0.1, 0.15) is 13.2 Å². The van der Waals surface area contributed by atoms with Gasteiger partial charge >= 0.3 is 7.66 Å². The second kappa shape index (κ2) is 7.73. The molecule has 0 rings (SSSR count). The van der Waals surface area contributed by atoms with Crippen LogP contribution in [0.3, 0.4) is 0 Å². The average molecular weight is 310 g/mol. The first kappa shape index (κ1) is 14.6. The van der Waals surface area contributed by atoms with Crippen molar-refractivity contribution in [2.45, 2.75) is 0 Å². The number of hydrogen-bond donors (Lipinski definition) is 0. The number of quaternary nitrogens is 1. The molecular formula is C5H14INO2PS+. The lowest BCUT2D eigenvalue weighted by Gasteiger charge is -2.22. The summed E-state index contributed by atoms with van der Waals surface area (Å²) in [7, 11) is 5.86. The summed E-state index contributed by atoms with van der Waals surface area (Å²) in [6.45, 7) is 1.60. The SMILES string of the molecule is C[N+](C)(C)CCOS[PH+]=O.[I-]. The molecule has 68 valence electrons. The lowest BCUT2D eigenvalue weighted by molar-refractivity contribution is -0.870. The van der Waals surface area contributed by atoms with E-state index in [1.807, 2.05) is 0 Å². The van der Waals surface area contributed by atoms with E-state index in [1.165, 1.54) is 0 Å². The van der Waals surface area contributed by atoms with E-state index in [4.69, 9.17) is 4.18 Å². The summed E-state index contributed by atoms with van der Waals surface area (Å²) in [6, 6.07) is 0. The van der Waals surface area contributed by atoms with Crippen LogP contribution in [-0.4, -0.2) is 38.8 Å². The molecule has 0 fully saturated rings. The largest absolute Gasteiger partial charge is 1.00 e. The average Bonchev–Trinajstić information content (AvgIpc) is 1.78. The van der Waals surface area contributed by atoms with Crippen molar-refractivity contribution in [3.05, 3.63) is 0 Å². The smallest absolute Gasteiger partial charge is 0.426 e. The fraction of sp³-hybridized carbons (Fsp3) is 1.00. The molecule has 0 saturated carbocycles. The highest BCUT2D eigenvalue weighted by atomic mass is 127. The number of halogens is 1. The van der Waals surface area contributed by atoms with Crippen LogP contribution < -0.4 is 24.0 Å². The Labute approximate surface area is 90.6 Å². The molecule has 0 aliphatic heterocycles. The normalized spacial score (nSPS) is 11.2. The minimum Gasteiger partial charge on any atom is -1.00 e. The lowest BCUT2D eigenvalue weighted by atomic mass is 10.5. The van der Waals surface area contributed by atoms with E-state index in [2.05, 4.69) is 21.1 Å². The van der Waals surface area contributed by atoms with Crippen LogP contribution >= 0.6 is 19.3 Å². The molecular weight excluding hydrogens is 296 g/mol. The van der Waals surface area contributed by atoms with E-state index >= 15 is 0 Å². The molecule has 0 aromatic heterocycles. The van der Waals surface area contributed by atoms with Crippen LogP contribution in [0.4, 0.5) is 0 Å². The van der Waals surface area contributed by atoms with Gasteiger partial charge in [0.2, 0.25) is 0 Å². The molecule has 0 aromatic rings. The van der Waals surface area contributed by atoms with Crippen LogP contribution in [0.15, 0.2) is 0 Å². The van der Waals surface area contributed by atoms with Crippen molar-refractivity contribution in [1.82, 2.24) is 0 Å². The quantitative estimate of drug-likeness (QED) is 0.199. The Morgan fingerprint density at radius 1 is 1.45 bits per heavy atom. The van der Waals surface area contributed by atoms with Crippen molar-refractivity contribution in [2.75, 3.05) is 34.3 Å². The molecule has 0 spiro atoms. The highest BCUT2D eigenvalue weighted by molar-refractivity contribution is 8.43. The van der Waals surface area contributed by atoms with Gasteiger partial charge in [-0.25, -0.2) is 0 Å². The van der Waals surface area contributed by atoms with Crippen LogP contribution in [0.5, 0.6) is 0 Å². The summed E-state index contributed by atoms with van der Waals surface area (Å²) in [5.41, 5.74) is 0. The maximum atomic E-state index is 9.91. The summed E-state index contributed by atoms with van der Waals surface area (Å²) < 4.78 is 15.8. The maximum Gasteiger partial charge on any atom is 0.426 e. The Hall–Kier alpha value is 1.10. The molecule has 6 heteroatoms. The first-order valence-corrected chi connectivity index (χ1v) is 5.40. The molecule has 3 nitrogen and oxygen atoms in total. The predicted octanol–water partition coefficient (Wildman–Crippen LogP) is -1.70. The second-order valence-electron chi connectivity index (χ2n) is 3.00. The van der Waals surface area contributed by atoms with Crippen LogP contribution in [0.2, 0.25) is 0 Å². The van der Waals surface area contributed by atoms with Gasteiger partial charge in [-0.15, -0.1) is 0 Å². The summed E-state index contributed by atoms with van der Waals surface area (Å²) in [5, 5.41) is 0. The van der Waals surface area contributed by atoms with Gasteiger partial charge < -0.3 is 28.5 Å². The van der Waals surface area contributed by atoms with Gasteiger partial charge in [-0.05, 0) is 0 Å². The molecule has 0 bridgehead atoms. The Kier molecular flexibility index (Phi) is 10.3. The molecule has 1 unspecified atom stereocenters. The predicted molar refractivity (Wildman–Crippen MR) is 45.4 cm³/mol. The number of likely N-dealkylation sites (N-methyl/N-ethyl adjacent to an activating group) is 1. The van der Waals surface area contributed by atoms with Crippen LogP contribution in [-0.2, 0) is 8.75 Å². The second-order valence-corrected chi connectivity index (χ2v) is 4.57. The zero-order valence-electron chi connectivity index (χ0n) is 6.96. The molecule has 0 saturated heterocycles.